The van der Waals surface area contributed by atoms with Gasteiger partial charge in [0, 0.05) is 30.9 Å². The molecule has 0 bridgehead atoms. The Balaban J connectivity index is 1.44. The number of benzene rings is 1. The minimum atomic E-state index is -0.477. The molecule has 28 heavy (non-hydrogen) atoms. The molecule has 2 heterocycles. The minimum Gasteiger partial charge on any atom is -0.491 e. The number of hydrogen-bond donors (Lipinski definition) is 1. The molecule has 1 unspecified atom stereocenters. The molecule has 0 radical (unpaired) electrons. The quantitative estimate of drug-likeness (QED) is 0.754. The van der Waals surface area contributed by atoms with E-state index in [1.807, 2.05) is 44.2 Å². The molecule has 1 fully saturated rings. The first-order chi connectivity index (χ1) is 13.5. The fraction of sp³-hybridized carbons (Fsp3) is 0.545. The second kappa shape index (κ2) is 9.96. The largest absolute Gasteiger partial charge is 0.491 e. The van der Waals surface area contributed by atoms with Crippen molar-refractivity contribution in [3.8, 4) is 5.75 Å². The van der Waals surface area contributed by atoms with E-state index in [-0.39, 0.29) is 0 Å². The number of hydrogen-bond acceptors (Lipinski definition) is 6. The Morgan fingerprint density at radius 1 is 1.18 bits per heavy atom. The molecule has 152 valence electrons. The van der Waals surface area contributed by atoms with Crippen molar-refractivity contribution in [1.82, 2.24) is 19.8 Å². The van der Waals surface area contributed by atoms with Gasteiger partial charge in [0.05, 0.1) is 0 Å². The molecule has 1 aliphatic rings. The molecule has 6 heteroatoms. The summed E-state index contributed by atoms with van der Waals surface area (Å²) in [6.45, 7) is 6.00. The molecule has 1 N–H and O–H groups in total. The standard InChI is InChI=1S/C22H32N4O2/c1-17-23-11-8-22(24-17)19-9-12-26(13-10-19)14-18-4-6-21(7-5-18)28-16-20(27)15-25(2)3/h4-8,11,19-20,27H,9-10,12-16H2,1-3H3. The average Bonchev–Trinajstić information content (AvgIpc) is 2.67. The topological polar surface area (TPSA) is 61.7 Å². The van der Waals surface area contributed by atoms with Crippen molar-refractivity contribution in [3.05, 3.63) is 53.6 Å². The van der Waals surface area contributed by atoms with Crippen LogP contribution in [0.25, 0.3) is 0 Å². The predicted molar refractivity (Wildman–Crippen MR) is 111 cm³/mol. The molecule has 2 aromatic rings. The zero-order chi connectivity index (χ0) is 19.9. The monoisotopic (exact) mass is 384 g/mol. The molecule has 6 nitrogen and oxygen atoms in total. The van der Waals surface area contributed by atoms with E-state index in [1.54, 1.807) is 0 Å². The lowest BCUT2D eigenvalue weighted by Crippen LogP contribution is -2.32. The lowest BCUT2D eigenvalue weighted by atomic mass is 9.93. The van der Waals surface area contributed by atoms with Crippen LogP contribution in [-0.4, -0.2) is 71.3 Å². The highest BCUT2D eigenvalue weighted by molar-refractivity contribution is 5.27. The fourth-order valence-corrected chi connectivity index (χ4v) is 3.70. The van der Waals surface area contributed by atoms with Gasteiger partial charge in [0.15, 0.2) is 0 Å². The van der Waals surface area contributed by atoms with E-state index in [0.717, 1.165) is 44.0 Å². The fourth-order valence-electron chi connectivity index (χ4n) is 3.70. The molecule has 1 saturated heterocycles. The zero-order valence-electron chi connectivity index (χ0n) is 17.2. The number of nitrogens with zero attached hydrogens (tertiary/aromatic N) is 4. The molecular weight excluding hydrogens is 352 g/mol. The van der Waals surface area contributed by atoms with E-state index in [1.165, 1.54) is 11.3 Å². The third-order valence-corrected chi connectivity index (χ3v) is 5.15. The molecule has 1 aromatic carbocycles. The van der Waals surface area contributed by atoms with Gasteiger partial charge in [-0.25, -0.2) is 9.97 Å². The van der Waals surface area contributed by atoms with Crippen LogP contribution in [0.2, 0.25) is 0 Å². The highest BCUT2D eigenvalue weighted by Crippen LogP contribution is 2.27. The molecular formula is C22H32N4O2. The van der Waals surface area contributed by atoms with Gasteiger partial charge in [-0.3, -0.25) is 4.90 Å². The van der Waals surface area contributed by atoms with Gasteiger partial charge in [-0.2, -0.15) is 0 Å². The van der Waals surface area contributed by atoms with Crippen molar-refractivity contribution in [2.45, 2.75) is 38.3 Å². The Bertz CT molecular complexity index is 728. The molecule has 0 amide bonds. The normalized spacial score (nSPS) is 17.0. The Hall–Kier alpha value is -2.02. The van der Waals surface area contributed by atoms with Crippen LogP contribution in [0.1, 0.15) is 35.8 Å². The van der Waals surface area contributed by atoms with Crippen LogP contribution in [0.5, 0.6) is 5.75 Å². The lowest BCUT2D eigenvalue weighted by Gasteiger charge is -2.31. The van der Waals surface area contributed by atoms with E-state index in [9.17, 15) is 5.11 Å². The second-order valence-corrected chi connectivity index (χ2v) is 7.95. The number of aryl methyl sites for hydroxylation is 1. The molecule has 0 saturated carbocycles. The Morgan fingerprint density at radius 3 is 2.54 bits per heavy atom. The Labute approximate surface area is 168 Å². The smallest absolute Gasteiger partial charge is 0.125 e. The molecule has 1 aromatic heterocycles. The Kier molecular flexibility index (Phi) is 7.36. The maximum atomic E-state index is 9.89. The van der Waals surface area contributed by atoms with Crippen molar-refractivity contribution in [1.29, 1.82) is 0 Å². The summed E-state index contributed by atoms with van der Waals surface area (Å²) in [5.74, 6) is 2.21. The van der Waals surface area contributed by atoms with Crippen LogP contribution in [-0.2, 0) is 6.54 Å². The maximum Gasteiger partial charge on any atom is 0.125 e. The van der Waals surface area contributed by atoms with Crippen LogP contribution >= 0.6 is 0 Å². The second-order valence-electron chi connectivity index (χ2n) is 7.95. The minimum absolute atomic E-state index is 0.313. The third kappa shape index (κ3) is 6.26. The van der Waals surface area contributed by atoms with Gasteiger partial charge in [0.2, 0.25) is 0 Å². The van der Waals surface area contributed by atoms with Crippen LogP contribution in [0.3, 0.4) is 0 Å². The first kappa shape index (κ1) is 20.7. The SMILES string of the molecule is Cc1nccc(C2CCN(Cc3ccc(OCC(O)CN(C)C)cc3)CC2)n1. The van der Waals surface area contributed by atoms with E-state index in [4.69, 9.17) is 4.74 Å². The van der Waals surface area contributed by atoms with Crippen LogP contribution in [0.4, 0.5) is 0 Å². The van der Waals surface area contributed by atoms with Crippen molar-refractivity contribution in [2.75, 3.05) is 40.3 Å². The third-order valence-electron chi connectivity index (χ3n) is 5.15. The molecule has 0 aliphatic carbocycles. The van der Waals surface area contributed by atoms with Crippen molar-refractivity contribution < 1.29 is 9.84 Å². The number of likely N-dealkylation sites (tertiary alicyclic amines) is 1. The van der Waals surface area contributed by atoms with Gasteiger partial charge in [0.25, 0.3) is 0 Å². The number of aromatic nitrogens is 2. The maximum absolute atomic E-state index is 9.89. The summed E-state index contributed by atoms with van der Waals surface area (Å²) in [4.78, 5) is 13.2. The summed E-state index contributed by atoms with van der Waals surface area (Å²) in [7, 11) is 3.88. The van der Waals surface area contributed by atoms with Crippen molar-refractivity contribution in [2.24, 2.45) is 0 Å². The number of aliphatic hydroxyl groups is 1. The van der Waals surface area contributed by atoms with Crippen LogP contribution in [0.15, 0.2) is 36.5 Å². The molecule has 1 atom stereocenters. The highest BCUT2D eigenvalue weighted by Gasteiger charge is 2.21. The van der Waals surface area contributed by atoms with Gasteiger partial charge in [-0.05, 0) is 70.7 Å². The zero-order valence-corrected chi connectivity index (χ0v) is 17.2. The number of likely N-dealkylation sites (N-methyl/N-ethyl adjacent to an activating group) is 1. The first-order valence-electron chi connectivity index (χ1n) is 10.1. The van der Waals surface area contributed by atoms with Crippen LogP contribution < -0.4 is 4.74 Å². The number of rotatable bonds is 8. The number of piperidine rings is 1. The predicted octanol–water partition coefficient (Wildman–Crippen LogP) is 2.47. The van der Waals surface area contributed by atoms with Gasteiger partial charge in [-0.1, -0.05) is 12.1 Å². The van der Waals surface area contributed by atoms with E-state index in [2.05, 4.69) is 33.1 Å². The van der Waals surface area contributed by atoms with Crippen molar-refractivity contribution in [3.63, 3.8) is 0 Å². The van der Waals surface area contributed by atoms with Crippen molar-refractivity contribution >= 4 is 0 Å². The van der Waals surface area contributed by atoms with Gasteiger partial charge in [-0.15, -0.1) is 0 Å². The summed E-state index contributed by atoms with van der Waals surface area (Å²) in [5.41, 5.74) is 2.47. The average molecular weight is 385 g/mol. The van der Waals surface area contributed by atoms with E-state index >= 15 is 0 Å². The first-order valence-corrected chi connectivity index (χ1v) is 10.1. The van der Waals surface area contributed by atoms with Gasteiger partial charge in [0.1, 0.15) is 24.3 Å². The van der Waals surface area contributed by atoms with Gasteiger partial charge < -0.3 is 14.7 Å². The van der Waals surface area contributed by atoms with Gasteiger partial charge >= 0.3 is 0 Å². The van der Waals surface area contributed by atoms with E-state index in [0.29, 0.717) is 19.1 Å². The summed E-state index contributed by atoms with van der Waals surface area (Å²) in [6.07, 6.45) is 3.67. The Morgan fingerprint density at radius 2 is 1.89 bits per heavy atom. The summed E-state index contributed by atoms with van der Waals surface area (Å²) < 4.78 is 5.68. The lowest BCUT2D eigenvalue weighted by molar-refractivity contribution is 0.0831. The molecule has 1 aliphatic heterocycles. The number of aliphatic hydroxyl groups excluding tert-OH is 1. The van der Waals surface area contributed by atoms with Crippen LogP contribution in [0, 0.1) is 6.92 Å². The van der Waals surface area contributed by atoms with E-state index < -0.39 is 6.10 Å². The molecule has 0 spiro atoms. The summed E-state index contributed by atoms with van der Waals surface area (Å²) >= 11 is 0. The number of ether oxygens (including phenoxy) is 1. The summed E-state index contributed by atoms with van der Waals surface area (Å²) in [6, 6.07) is 10.3. The molecule has 3 rings (SSSR count). The highest BCUT2D eigenvalue weighted by atomic mass is 16.5. The summed E-state index contributed by atoms with van der Waals surface area (Å²) in [5, 5.41) is 9.89.